The average molecular weight is 127 g/mol. The fourth-order valence-electron chi connectivity index (χ4n) is 0.726. The van der Waals surface area contributed by atoms with Crippen molar-refractivity contribution in [3.8, 4) is 0 Å². The van der Waals surface area contributed by atoms with Gasteiger partial charge in [-0.1, -0.05) is 5.11 Å². The van der Waals surface area contributed by atoms with Gasteiger partial charge in [-0.05, 0) is 19.4 Å². The minimum Gasteiger partial charge on any atom is -0.375 e. The second-order valence-electron chi connectivity index (χ2n) is 2.64. The van der Waals surface area contributed by atoms with Gasteiger partial charge in [0.1, 0.15) is 0 Å². The van der Waals surface area contributed by atoms with Gasteiger partial charge in [-0.15, -0.1) is 0 Å². The summed E-state index contributed by atoms with van der Waals surface area (Å²) in [5.41, 5.74) is 7.81. The first-order valence-corrected chi connectivity index (χ1v) is 2.85. The summed E-state index contributed by atoms with van der Waals surface area (Å²) in [5, 5.41) is 3.54. The lowest BCUT2D eigenvalue weighted by Gasteiger charge is -2.41. The molecule has 1 atom stereocenters. The topological polar surface area (TPSA) is 58.0 Å². The molecule has 4 nitrogen and oxygen atoms in total. The van der Waals surface area contributed by atoms with Crippen molar-refractivity contribution in [1.29, 1.82) is 0 Å². The molecule has 0 radical (unpaired) electrons. The van der Waals surface area contributed by atoms with E-state index in [9.17, 15) is 0 Å². The zero-order valence-electron chi connectivity index (χ0n) is 5.53. The van der Waals surface area contributed by atoms with Crippen LogP contribution in [0.25, 0.3) is 10.4 Å². The van der Waals surface area contributed by atoms with Gasteiger partial charge >= 0.3 is 0 Å². The molecule has 9 heavy (non-hydrogen) atoms. The van der Waals surface area contributed by atoms with Gasteiger partial charge in [0, 0.05) is 4.91 Å². The maximum Gasteiger partial charge on any atom is 0.0892 e. The summed E-state index contributed by atoms with van der Waals surface area (Å²) in [5.74, 6) is 0. The Morgan fingerprint density at radius 3 is 2.56 bits per heavy atom. The Hall–Kier alpha value is -0.730. The number of azide groups is 1. The summed E-state index contributed by atoms with van der Waals surface area (Å²) >= 11 is 0. The van der Waals surface area contributed by atoms with E-state index in [2.05, 4.69) is 10.0 Å². The van der Waals surface area contributed by atoms with E-state index in [1.807, 2.05) is 13.8 Å². The quantitative estimate of drug-likeness (QED) is 0.299. The van der Waals surface area contributed by atoms with Gasteiger partial charge in [0.25, 0.3) is 0 Å². The summed E-state index contributed by atoms with van der Waals surface area (Å²) < 4.78 is 5.12. The smallest absolute Gasteiger partial charge is 0.0892 e. The summed E-state index contributed by atoms with van der Waals surface area (Å²) in [6.45, 7) is 4.39. The van der Waals surface area contributed by atoms with Crippen molar-refractivity contribution in [2.24, 2.45) is 5.11 Å². The Labute approximate surface area is 53.4 Å². The highest BCUT2D eigenvalue weighted by Gasteiger charge is 2.39. The third kappa shape index (κ3) is 0.992. The maximum atomic E-state index is 8.04. The van der Waals surface area contributed by atoms with E-state index in [-0.39, 0.29) is 11.6 Å². The van der Waals surface area contributed by atoms with Gasteiger partial charge in [0.2, 0.25) is 0 Å². The average Bonchev–Trinajstić information content (AvgIpc) is 1.81. The zero-order valence-corrected chi connectivity index (χ0v) is 5.53. The third-order valence-corrected chi connectivity index (χ3v) is 1.61. The molecule has 0 spiro atoms. The van der Waals surface area contributed by atoms with E-state index < -0.39 is 0 Å². The van der Waals surface area contributed by atoms with Crippen LogP contribution in [-0.2, 0) is 4.74 Å². The highest BCUT2D eigenvalue weighted by molar-refractivity contribution is 4.93. The summed E-state index contributed by atoms with van der Waals surface area (Å²) in [6.07, 6.45) is 0. The van der Waals surface area contributed by atoms with Crippen LogP contribution < -0.4 is 0 Å². The summed E-state index contributed by atoms with van der Waals surface area (Å²) in [6, 6.07) is 0.0301. The molecule has 1 aliphatic heterocycles. The largest absolute Gasteiger partial charge is 0.375 e. The Kier molecular flexibility index (Phi) is 1.35. The number of hydrogen-bond donors (Lipinski definition) is 0. The van der Waals surface area contributed by atoms with Crippen molar-refractivity contribution >= 4 is 0 Å². The zero-order chi connectivity index (χ0) is 6.91. The van der Waals surface area contributed by atoms with Crippen molar-refractivity contribution in [1.82, 2.24) is 0 Å². The van der Waals surface area contributed by atoms with Gasteiger partial charge in [0.05, 0.1) is 18.2 Å². The molecule has 1 rings (SSSR count). The van der Waals surface area contributed by atoms with E-state index in [1.54, 1.807) is 0 Å². The predicted octanol–water partition coefficient (Wildman–Crippen LogP) is 1.47. The lowest BCUT2D eigenvalue weighted by Crippen LogP contribution is -2.51. The van der Waals surface area contributed by atoms with Crippen LogP contribution in [0.1, 0.15) is 13.8 Å². The van der Waals surface area contributed by atoms with Crippen LogP contribution in [0.5, 0.6) is 0 Å². The molecule has 1 fully saturated rings. The van der Waals surface area contributed by atoms with Crippen LogP contribution in [0.15, 0.2) is 5.11 Å². The van der Waals surface area contributed by atoms with Crippen LogP contribution >= 0.6 is 0 Å². The SMILES string of the molecule is CC1(C)OCC1N=[N+]=[N-]. The standard InChI is InChI=1S/C5H9N3O/c1-5(2)4(3-9-5)7-8-6/h4H,3H2,1-2H3. The molecule has 0 amide bonds. The van der Waals surface area contributed by atoms with Gasteiger partial charge in [-0.25, -0.2) is 0 Å². The maximum absolute atomic E-state index is 8.04. The molecule has 50 valence electrons. The monoisotopic (exact) mass is 127 g/mol. The van der Waals surface area contributed by atoms with E-state index in [0.717, 1.165) is 0 Å². The second-order valence-corrected chi connectivity index (χ2v) is 2.64. The van der Waals surface area contributed by atoms with Crippen LogP contribution in [-0.4, -0.2) is 18.2 Å². The van der Waals surface area contributed by atoms with E-state index in [4.69, 9.17) is 10.3 Å². The molecule has 4 heteroatoms. The van der Waals surface area contributed by atoms with Crippen LogP contribution in [0.2, 0.25) is 0 Å². The Bertz CT molecular complexity index is 160. The lowest BCUT2D eigenvalue weighted by molar-refractivity contribution is -0.140. The molecule has 1 heterocycles. The molecule has 0 saturated carbocycles. The Morgan fingerprint density at radius 1 is 1.78 bits per heavy atom. The van der Waals surface area contributed by atoms with Gasteiger partial charge in [0.15, 0.2) is 0 Å². The molecule has 0 aromatic rings. The van der Waals surface area contributed by atoms with Crippen molar-refractivity contribution in [3.05, 3.63) is 10.4 Å². The summed E-state index contributed by atoms with van der Waals surface area (Å²) in [7, 11) is 0. The number of rotatable bonds is 1. The van der Waals surface area contributed by atoms with E-state index in [0.29, 0.717) is 6.61 Å². The molecule has 0 aromatic carbocycles. The van der Waals surface area contributed by atoms with Gasteiger partial charge in [-0.2, -0.15) is 0 Å². The number of nitrogens with zero attached hydrogens (tertiary/aromatic N) is 3. The molecule has 1 unspecified atom stereocenters. The second kappa shape index (κ2) is 1.90. The first-order chi connectivity index (χ1) is 4.17. The molecule has 0 N–H and O–H groups in total. The lowest BCUT2D eigenvalue weighted by atomic mass is 9.95. The Morgan fingerprint density at radius 2 is 2.44 bits per heavy atom. The number of ether oxygens (including phenoxy) is 1. The van der Waals surface area contributed by atoms with Crippen molar-refractivity contribution < 1.29 is 4.74 Å². The van der Waals surface area contributed by atoms with Crippen molar-refractivity contribution in [3.63, 3.8) is 0 Å². The first-order valence-electron chi connectivity index (χ1n) is 2.85. The molecule has 1 aliphatic rings. The third-order valence-electron chi connectivity index (χ3n) is 1.61. The molecule has 0 bridgehead atoms. The highest BCUT2D eigenvalue weighted by Crippen LogP contribution is 2.28. The molecule has 1 saturated heterocycles. The fraction of sp³-hybridized carbons (Fsp3) is 1.00. The first kappa shape index (κ1) is 6.39. The van der Waals surface area contributed by atoms with Crippen LogP contribution in [0, 0.1) is 0 Å². The van der Waals surface area contributed by atoms with E-state index >= 15 is 0 Å². The van der Waals surface area contributed by atoms with Gasteiger partial charge in [-0.3, -0.25) is 0 Å². The molecular formula is C5H9N3O. The molecule has 0 aliphatic carbocycles. The normalized spacial score (nSPS) is 30.2. The number of hydrogen-bond acceptors (Lipinski definition) is 2. The Balaban J connectivity index is 2.55. The van der Waals surface area contributed by atoms with Gasteiger partial charge < -0.3 is 4.74 Å². The highest BCUT2D eigenvalue weighted by atomic mass is 16.5. The molecular weight excluding hydrogens is 118 g/mol. The van der Waals surface area contributed by atoms with Crippen LogP contribution in [0.4, 0.5) is 0 Å². The predicted molar refractivity (Wildman–Crippen MR) is 33.0 cm³/mol. The molecule has 0 aromatic heterocycles. The minimum atomic E-state index is -0.230. The summed E-state index contributed by atoms with van der Waals surface area (Å²) in [4.78, 5) is 2.70. The van der Waals surface area contributed by atoms with Crippen molar-refractivity contribution in [2.75, 3.05) is 6.61 Å². The van der Waals surface area contributed by atoms with Crippen molar-refractivity contribution in [2.45, 2.75) is 25.5 Å². The minimum absolute atomic E-state index is 0.0301. The van der Waals surface area contributed by atoms with Crippen LogP contribution in [0.3, 0.4) is 0 Å². The van der Waals surface area contributed by atoms with E-state index in [1.165, 1.54) is 0 Å². The fourth-order valence-corrected chi connectivity index (χ4v) is 0.726.